The second-order valence-corrected chi connectivity index (χ2v) is 3.21. The van der Waals surface area contributed by atoms with Crippen molar-refractivity contribution in [2.75, 3.05) is 0 Å². The SMILES string of the molecule is CCC(O)c1cccc(C)c1C. The summed E-state index contributed by atoms with van der Waals surface area (Å²) >= 11 is 0. The first-order valence-electron chi connectivity index (χ1n) is 4.41. The summed E-state index contributed by atoms with van der Waals surface area (Å²) in [4.78, 5) is 0. The second-order valence-electron chi connectivity index (χ2n) is 3.21. The monoisotopic (exact) mass is 164 g/mol. The summed E-state index contributed by atoms with van der Waals surface area (Å²) in [5.41, 5.74) is 3.53. The average molecular weight is 164 g/mol. The van der Waals surface area contributed by atoms with E-state index < -0.39 is 0 Å². The van der Waals surface area contributed by atoms with Crippen LogP contribution in [0.25, 0.3) is 0 Å². The molecule has 0 saturated heterocycles. The lowest BCUT2D eigenvalue weighted by Gasteiger charge is -2.12. The highest BCUT2D eigenvalue weighted by Crippen LogP contribution is 2.22. The van der Waals surface area contributed by atoms with Crippen LogP contribution in [0.2, 0.25) is 0 Å². The minimum absolute atomic E-state index is 0.301. The summed E-state index contributed by atoms with van der Waals surface area (Å²) in [6, 6.07) is 6.06. The van der Waals surface area contributed by atoms with Crippen molar-refractivity contribution in [1.29, 1.82) is 0 Å². The summed E-state index contributed by atoms with van der Waals surface area (Å²) in [5, 5.41) is 9.63. The molecular formula is C11H16O. The van der Waals surface area contributed by atoms with Gasteiger partial charge in [-0.05, 0) is 37.0 Å². The van der Waals surface area contributed by atoms with Crippen molar-refractivity contribution in [3.8, 4) is 0 Å². The predicted molar refractivity (Wildman–Crippen MR) is 51.2 cm³/mol. The van der Waals surface area contributed by atoms with E-state index in [1.807, 2.05) is 19.1 Å². The van der Waals surface area contributed by atoms with E-state index in [1.165, 1.54) is 11.1 Å². The Kier molecular flexibility index (Phi) is 2.88. The maximum atomic E-state index is 9.63. The van der Waals surface area contributed by atoms with E-state index in [4.69, 9.17) is 0 Å². The molecule has 0 spiro atoms. The highest BCUT2D eigenvalue weighted by atomic mass is 16.3. The number of rotatable bonds is 2. The van der Waals surface area contributed by atoms with Gasteiger partial charge in [-0.25, -0.2) is 0 Å². The van der Waals surface area contributed by atoms with Gasteiger partial charge < -0.3 is 5.11 Å². The molecule has 0 aliphatic carbocycles. The number of hydrogen-bond acceptors (Lipinski definition) is 1. The maximum absolute atomic E-state index is 9.63. The van der Waals surface area contributed by atoms with Crippen LogP contribution in [-0.2, 0) is 0 Å². The largest absolute Gasteiger partial charge is 0.388 e. The molecular weight excluding hydrogens is 148 g/mol. The van der Waals surface area contributed by atoms with Gasteiger partial charge in [-0.3, -0.25) is 0 Å². The van der Waals surface area contributed by atoms with E-state index in [0.717, 1.165) is 12.0 Å². The Labute approximate surface area is 74.1 Å². The molecule has 1 unspecified atom stereocenters. The molecule has 0 saturated carbocycles. The lowest BCUT2D eigenvalue weighted by atomic mass is 9.98. The summed E-state index contributed by atoms with van der Waals surface area (Å²) in [7, 11) is 0. The van der Waals surface area contributed by atoms with Gasteiger partial charge in [-0.1, -0.05) is 25.1 Å². The number of aliphatic hydroxyl groups excluding tert-OH is 1. The first kappa shape index (κ1) is 9.27. The molecule has 12 heavy (non-hydrogen) atoms. The Morgan fingerprint density at radius 2 is 2.00 bits per heavy atom. The molecule has 0 bridgehead atoms. The van der Waals surface area contributed by atoms with Crippen LogP contribution in [0, 0.1) is 13.8 Å². The van der Waals surface area contributed by atoms with Gasteiger partial charge in [0.15, 0.2) is 0 Å². The van der Waals surface area contributed by atoms with Crippen LogP contribution >= 0.6 is 0 Å². The van der Waals surface area contributed by atoms with Crippen LogP contribution in [0.5, 0.6) is 0 Å². The van der Waals surface area contributed by atoms with Crippen molar-refractivity contribution in [2.24, 2.45) is 0 Å². The summed E-state index contributed by atoms with van der Waals surface area (Å²) in [6.07, 6.45) is 0.481. The molecule has 0 aliphatic heterocycles. The Hall–Kier alpha value is -0.820. The fourth-order valence-electron chi connectivity index (χ4n) is 1.35. The minimum atomic E-state index is -0.301. The van der Waals surface area contributed by atoms with E-state index in [1.54, 1.807) is 0 Å². The van der Waals surface area contributed by atoms with Gasteiger partial charge in [0.1, 0.15) is 0 Å². The number of hydrogen-bond donors (Lipinski definition) is 1. The van der Waals surface area contributed by atoms with Gasteiger partial charge in [0, 0.05) is 0 Å². The number of aliphatic hydroxyl groups is 1. The standard InChI is InChI=1S/C11H16O/c1-4-11(12)10-7-5-6-8(2)9(10)3/h5-7,11-12H,4H2,1-3H3. The molecule has 0 fully saturated rings. The molecule has 0 aliphatic rings. The van der Waals surface area contributed by atoms with Crippen LogP contribution in [0.15, 0.2) is 18.2 Å². The van der Waals surface area contributed by atoms with Crippen molar-refractivity contribution < 1.29 is 5.11 Å². The van der Waals surface area contributed by atoms with E-state index in [-0.39, 0.29) is 6.10 Å². The maximum Gasteiger partial charge on any atom is 0.0790 e. The summed E-state index contributed by atoms with van der Waals surface area (Å²) in [5.74, 6) is 0. The molecule has 1 rings (SSSR count). The summed E-state index contributed by atoms with van der Waals surface area (Å²) < 4.78 is 0. The Bertz CT molecular complexity index is 266. The lowest BCUT2D eigenvalue weighted by Crippen LogP contribution is -1.99. The Morgan fingerprint density at radius 1 is 1.33 bits per heavy atom. The fraction of sp³-hybridized carbons (Fsp3) is 0.455. The molecule has 0 radical (unpaired) electrons. The normalized spacial score (nSPS) is 13.0. The second kappa shape index (κ2) is 3.72. The molecule has 1 heteroatoms. The molecule has 1 N–H and O–H groups in total. The van der Waals surface area contributed by atoms with Gasteiger partial charge in [0.05, 0.1) is 6.10 Å². The van der Waals surface area contributed by atoms with Crippen molar-refractivity contribution in [3.63, 3.8) is 0 Å². The van der Waals surface area contributed by atoms with Crippen LogP contribution in [0.3, 0.4) is 0 Å². The van der Waals surface area contributed by atoms with E-state index in [9.17, 15) is 5.11 Å². The van der Waals surface area contributed by atoms with Crippen LogP contribution in [-0.4, -0.2) is 5.11 Å². The third-order valence-corrected chi connectivity index (χ3v) is 2.39. The third-order valence-electron chi connectivity index (χ3n) is 2.39. The molecule has 1 aromatic carbocycles. The van der Waals surface area contributed by atoms with Gasteiger partial charge in [-0.2, -0.15) is 0 Å². The zero-order valence-corrected chi connectivity index (χ0v) is 7.96. The highest BCUT2D eigenvalue weighted by molar-refractivity contribution is 5.34. The Morgan fingerprint density at radius 3 is 2.58 bits per heavy atom. The minimum Gasteiger partial charge on any atom is -0.388 e. The molecule has 0 aromatic heterocycles. The summed E-state index contributed by atoms with van der Waals surface area (Å²) in [6.45, 7) is 6.12. The quantitative estimate of drug-likeness (QED) is 0.712. The van der Waals surface area contributed by atoms with Gasteiger partial charge >= 0.3 is 0 Å². The van der Waals surface area contributed by atoms with Crippen molar-refractivity contribution in [2.45, 2.75) is 33.3 Å². The molecule has 1 atom stereocenters. The molecule has 1 nitrogen and oxygen atoms in total. The molecule has 0 amide bonds. The molecule has 66 valence electrons. The highest BCUT2D eigenvalue weighted by Gasteiger charge is 2.07. The zero-order chi connectivity index (χ0) is 9.14. The van der Waals surface area contributed by atoms with Crippen molar-refractivity contribution >= 4 is 0 Å². The first-order valence-corrected chi connectivity index (χ1v) is 4.41. The number of aryl methyl sites for hydroxylation is 1. The Balaban J connectivity index is 3.07. The fourth-order valence-corrected chi connectivity index (χ4v) is 1.35. The van der Waals surface area contributed by atoms with Gasteiger partial charge in [0.2, 0.25) is 0 Å². The average Bonchev–Trinajstić information content (AvgIpc) is 2.08. The third kappa shape index (κ3) is 1.67. The number of benzene rings is 1. The van der Waals surface area contributed by atoms with Crippen molar-refractivity contribution in [3.05, 3.63) is 34.9 Å². The first-order chi connectivity index (χ1) is 5.66. The zero-order valence-electron chi connectivity index (χ0n) is 7.96. The molecule has 0 heterocycles. The predicted octanol–water partition coefficient (Wildman–Crippen LogP) is 2.75. The van der Waals surface area contributed by atoms with E-state index in [2.05, 4.69) is 19.9 Å². The smallest absolute Gasteiger partial charge is 0.0790 e. The van der Waals surface area contributed by atoms with E-state index >= 15 is 0 Å². The van der Waals surface area contributed by atoms with Gasteiger partial charge in [-0.15, -0.1) is 0 Å². The lowest BCUT2D eigenvalue weighted by molar-refractivity contribution is 0.173. The van der Waals surface area contributed by atoms with Crippen molar-refractivity contribution in [1.82, 2.24) is 0 Å². The van der Waals surface area contributed by atoms with E-state index in [0.29, 0.717) is 0 Å². The van der Waals surface area contributed by atoms with Crippen LogP contribution in [0.4, 0.5) is 0 Å². The van der Waals surface area contributed by atoms with Gasteiger partial charge in [0.25, 0.3) is 0 Å². The van der Waals surface area contributed by atoms with Crippen LogP contribution < -0.4 is 0 Å². The van der Waals surface area contributed by atoms with Crippen LogP contribution in [0.1, 0.15) is 36.1 Å². The molecule has 1 aromatic rings. The topological polar surface area (TPSA) is 20.2 Å².